The van der Waals surface area contributed by atoms with Gasteiger partial charge < -0.3 is 14.1 Å². The number of fused-ring (bicyclic) bond motifs is 1. The van der Waals surface area contributed by atoms with Crippen LogP contribution in [-0.2, 0) is 17.5 Å². The fraction of sp³-hybridized carbons (Fsp3) is 0.316. The first-order valence-corrected chi connectivity index (χ1v) is 8.87. The average Bonchev–Trinajstić information content (AvgIpc) is 3.26. The number of halogens is 3. The van der Waals surface area contributed by atoms with Gasteiger partial charge in [0.2, 0.25) is 11.8 Å². The molecular formula is C19H16F3N3O4. The molecular weight excluding hydrogens is 391 g/mol. The van der Waals surface area contributed by atoms with E-state index in [1.54, 1.807) is 24.3 Å². The number of likely N-dealkylation sites (tertiary alicyclic amines) is 1. The predicted octanol–water partition coefficient (Wildman–Crippen LogP) is 2.69. The van der Waals surface area contributed by atoms with Gasteiger partial charge in [-0.1, -0.05) is 12.1 Å². The first kappa shape index (κ1) is 19.0. The molecule has 0 radical (unpaired) electrons. The Morgan fingerprint density at radius 3 is 2.86 bits per heavy atom. The van der Waals surface area contributed by atoms with E-state index < -0.39 is 23.6 Å². The van der Waals surface area contributed by atoms with E-state index in [1.165, 1.54) is 9.47 Å². The number of oxazole rings is 1. The fourth-order valence-electron chi connectivity index (χ4n) is 3.27. The molecule has 1 aliphatic heterocycles. The van der Waals surface area contributed by atoms with Crippen LogP contribution in [0.2, 0.25) is 0 Å². The van der Waals surface area contributed by atoms with Crippen LogP contribution in [0.4, 0.5) is 13.2 Å². The van der Waals surface area contributed by atoms with E-state index in [-0.39, 0.29) is 24.9 Å². The number of carbonyl (C=O) groups excluding carboxylic acids is 1. The Balaban J connectivity index is 1.41. The number of para-hydroxylation sites is 2. The SMILES string of the molecule is O=C(Cn1c(=O)oc2ccccc21)N1CC[C@@H](Oc2cc(C(F)(F)F)ccn2)C1. The second-order valence-corrected chi connectivity index (χ2v) is 6.67. The minimum Gasteiger partial charge on any atom is -0.472 e. The molecule has 0 spiro atoms. The third kappa shape index (κ3) is 3.96. The Hall–Kier alpha value is -3.30. The van der Waals surface area contributed by atoms with Crippen molar-refractivity contribution in [3.8, 4) is 5.88 Å². The minimum atomic E-state index is -4.49. The summed E-state index contributed by atoms with van der Waals surface area (Å²) in [6, 6.07) is 8.48. The summed E-state index contributed by atoms with van der Waals surface area (Å²) in [5.41, 5.74) is 0.0641. The number of rotatable bonds is 4. The van der Waals surface area contributed by atoms with Gasteiger partial charge in [-0.15, -0.1) is 0 Å². The van der Waals surface area contributed by atoms with E-state index in [0.717, 1.165) is 18.3 Å². The quantitative estimate of drug-likeness (QED) is 0.665. The molecule has 1 saturated heterocycles. The molecule has 29 heavy (non-hydrogen) atoms. The van der Waals surface area contributed by atoms with Crippen LogP contribution in [0.15, 0.2) is 51.8 Å². The zero-order chi connectivity index (χ0) is 20.6. The van der Waals surface area contributed by atoms with Crippen molar-refractivity contribution in [3.05, 3.63) is 58.7 Å². The number of pyridine rings is 1. The summed E-state index contributed by atoms with van der Waals surface area (Å²) in [7, 11) is 0. The Morgan fingerprint density at radius 2 is 2.07 bits per heavy atom. The highest BCUT2D eigenvalue weighted by atomic mass is 19.4. The van der Waals surface area contributed by atoms with Gasteiger partial charge in [-0.2, -0.15) is 13.2 Å². The third-order valence-electron chi connectivity index (χ3n) is 4.71. The monoisotopic (exact) mass is 407 g/mol. The summed E-state index contributed by atoms with van der Waals surface area (Å²) in [5.74, 6) is -1.07. The molecule has 1 atom stereocenters. The Labute approximate surface area is 162 Å². The van der Waals surface area contributed by atoms with E-state index in [9.17, 15) is 22.8 Å². The van der Waals surface area contributed by atoms with Crippen molar-refractivity contribution >= 4 is 17.0 Å². The highest BCUT2D eigenvalue weighted by molar-refractivity contribution is 5.79. The Morgan fingerprint density at radius 1 is 1.28 bits per heavy atom. The molecule has 2 aromatic heterocycles. The lowest BCUT2D eigenvalue weighted by atomic mass is 10.2. The molecule has 1 aromatic carbocycles. The lowest BCUT2D eigenvalue weighted by Gasteiger charge is -2.17. The van der Waals surface area contributed by atoms with Crippen molar-refractivity contribution in [1.82, 2.24) is 14.5 Å². The number of hydrogen-bond donors (Lipinski definition) is 0. The molecule has 152 valence electrons. The second kappa shape index (κ2) is 7.26. The molecule has 3 heterocycles. The van der Waals surface area contributed by atoms with Gasteiger partial charge in [-0.3, -0.25) is 9.36 Å². The van der Waals surface area contributed by atoms with Gasteiger partial charge in [0.05, 0.1) is 17.6 Å². The van der Waals surface area contributed by atoms with Gasteiger partial charge in [0.1, 0.15) is 12.6 Å². The first-order valence-electron chi connectivity index (χ1n) is 8.87. The zero-order valence-corrected chi connectivity index (χ0v) is 15.1. The molecule has 0 unspecified atom stereocenters. The number of amides is 1. The predicted molar refractivity (Wildman–Crippen MR) is 95.3 cm³/mol. The highest BCUT2D eigenvalue weighted by Gasteiger charge is 2.32. The van der Waals surface area contributed by atoms with E-state index in [2.05, 4.69) is 4.98 Å². The van der Waals surface area contributed by atoms with Gasteiger partial charge in [-0.25, -0.2) is 9.78 Å². The normalized spacial score (nSPS) is 17.1. The minimum absolute atomic E-state index is 0.142. The summed E-state index contributed by atoms with van der Waals surface area (Å²) < 4.78 is 50.3. The van der Waals surface area contributed by atoms with E-state index in [0.29, 0.717) is 24.1 Å². The van der Waals surface area contributed by atoms with Crippen LogP contribution >= 0.6 is 0 Å². The number of aromatic nitrogens is 2. The summed E-state index contributed by atoms with van der Waals surface area (Å²) in [6.45, 7) is 0.374. The maximum Gasteiger partial charge on any atom is 0.420 e. The molecule has 4 rings (SSSR count). The van der Waals surface area contributed by atoms with E-state index in [1.807, 2.05) is 0 Å². The number of nitrogens with zero attached hydrogens (tertiary/aromatic N) is 3. The average molecular weight is 407 g/mol. The number of hydrogen-bond acceptors (Lipinski definition) is 5. The number of alkyl halides is 3. The highest BCUT2D eigenvalue weighted by Crippen LogP contribution is 2.31. The molecule has 0 bridgehead atoms. The molecule has 0 saturated carbocycles. The maximum atomic E-state index is 12.8. The maximum absolute atomic E-state index is 12.8. The number of carbonyl (C=O) groups is 1. The standard InChI is InChI=1S/C19H16F3N3O4/c20-19(21,22)12-5-7-23-16(9-12)28-13-6-8-24(10-13)17(26)11-25-14-3-1-2-4-15(14)29-18(25)27/h1-5,7,9,13H,6,8,10-11H2/t13-/m1/s1. The summed E-state index contributed by atoms with van der Waals surface area (Å²) in [4.78, 5) is 29.9. The van der Waals surface area contributed by atoms with Crippen LogP contribution in [0.3, 0.4) is 0 Å². The fourth-order valence-corrected chi connectivity index (χ4v) is 3.27. The molecule has 1 amide bonds. The molecule has 10 heteroatoms. The van der Waals surface area contributed by atoms with Crippen LogP contribution < -0.4 is 10.5 Å². The van der Waals surface area contributed by atoms with Crippen molar-refractivity contribution in [2.24, 2.45) is 0 Å². The van der Waals surface area contributed by atoms with Crippen LogP contribution in [0.5, 0.6) is 5.88 Å². The topological polar surface area (TPSA) is 77.6 Å². The van der Waals surface area contributed by atoms with Crippen LogP contribution in [0.25, 0.3) is 11.1 Å². The largest absolute Gasteiger partial charge is 0.472 e. The summed E-state index contributed by atoms with van der Waals surface area (Å²) >= 11 is 0. The first-order chi connectivity index (χ1) is 13.8. The van der Waals surface area contributed by atoms with Crippen LogP contribution in [0, 0.1) is 0 Å². The summed E-state index contributed by atoms with van der Waals surface area (Å²) in [6.07, 6.45) is -3.48. The van der Waals surface area contributed by atoms with E-state index >= 15 is 0 Å². The van der Waals surface area contributed by atoms with Gasteiger partial charge >= 0.3 is 11.9 Å². The van der Waals surface area contributed by atoms with Gasteiger partial charge in [0, 0.05) is 25.2 Å². The number of benzene rings is 1. The lowest BCUT2D eigenvalue weighted by molar-refractivity contribution is -0.137. The molecule has 7 nitrogen and oxygen atoms in total. The molecule has 3 aromatic rings. The van der Waals surface area contributed by atoms with Crippen LogP contribution in [0.1, 0.15) is 12.0 Å². The second-order valence-electron chi connectivity index (χ2n) is 6.67. The van der Waals surface area contributed by atoms with E-state index in [4.69, 9.17) is 9.15 Å². The Bertz CT molecular complexity index is 1110. The molecule has 0 N–H and O–H groups in total. The van der Waals surface area contributed by atoms with Gasteiger partial charge in [-0.05, 0) is 18.2 Å². The smallest absolute Gasteiger partial charge is 0.420 e. The molecule has 1 aliphatic rings. The third-order valence-corrected chi connectivity index (χ3v) is 4.71. The lowest BCUT2D eigenvalue weighted by Crippen LogP contribution is -2.35. The number of ether oxygens (including phenoxy) is 1. The van der Waals surface area contributed by atoms with Crippen LogP contribution in [-0.4, -0.2) is 39.6 Å². The molecule has 0 aliphatic carbocycles. The van der Waals surface area contributed by atoms with Crippen molar-refractivity contribution in [1.29, 1.82) is 0 Å². The summed E-state index contributed by atoms with van der Waals surface area (Å²) in [5, 5.41) is 0. The Kier molecular flexibility index (Phi) is 4.77. The van der Waals surface area contributed by atoms with Gasteiger partial charge in [0.15, 0.2) is 5.58 Å². The van der Waals surface area contributed by atoms with Crippen molar-refractivity contribution in [3.63, 3.8) is 0 Å². The van der Waals surface area contributed by atoms with Crippen molar-refractivity contribution < 1.29 is 27.1 Å². The molecule has 1 fully saturated rings. The van der Waals surface area contributed by atoms with Crippen molar-refractivity contribution in [2.75, 3.05) is 13.1 Å². The van der Waals surface area contributed by atoms with Crippen molar-refractivity contribution in [2.45, 2.75) is 25.2 Å². The van der Waals surface area contributed by atoms with Gasteiger partial charge in [0.25, 0.3) is 0 Å². The zero-order valence-electron chi connectivity index (χ0n) is 15.1.